The number of phenols is 1. The van der Waals surface area contributed by atoms with Gasteiger partial charge in [0.05, 0.1) is 6.26 Å². The van der Waals surface area contributed by atoms with Gasteiger partial charge in [-0.25, -0.2) is 4.79 Å². The molecule has 3 N–H and O–H groups in total. The second-order valence-electron chi connectivity index (χ2n) is 5.27. The molecule has 0 aliphatic heterocycles. The van der Waals surface area contributed by atoms with Crippen molar-refractivity contribution in [2.24, 2.45) is 0 Å². The van der Waals surface area contributed by atoms with Crippen LogP contribution in [0.2, 0.25) is 0 Å². The number of benzene rings is 2. The summed E-state index contributed by atoms with van der Waals surface area (Å²) < 4.78 is 9.71. The third-order valence-corrected chi connectivity index (χ3v) is 3.48. The second kappa shape index (κ2) is 7.39. The number of carbonyl (C=O) groups excluding carboxylic acids is 3. The van der Waals surface area contributed by atoms with Gasteiger partial charge in [-0.05, 0) is 35.0 Å². The Bertz CT molecular complexity index is 965. The van der Waals surface area contributed by atoms with Crippen molar-refractivity contribution in [3.63, 3.8) is 0 Å². The minimum atomic E-state index is -0.860. The molecule has 2 aromatic carbocycles. The second-order valence-corrected chi connectivity index (χ2v) is 5.27. The average molecular weight is 354 g/mol. The number of esters is 1. The quantitative estimate of drug-likeness (QED) is 0.485. The molecule has 0 unspecified atom stereocenters. The zero-order chi connectivity index (χ0) is 18.5. The van der Waals surface area contributed by atoms with E-state index in [4.69, 9.17) is 9.15 Å². The maximum Gasteiger partial charge on any atom is 0.342 e. The maximum atomic E-state index is 12.1. The highest BCUT2D eigenvalue weighted by Crippen LogP contribution is 2.25. The minimum absolute atomic E-state index is 0.0170. The van der Waals surface area contributed by atoms with E-state index in [1.54, 1.807) is 24.3 Å². The van der Waals surface area contributed by atoms with Gasteiger partial charge in [-0.15, -0.1) is 0 Å². The molecule has 8 nitrogen and oxygen atoms in total. The first-order valence-electron chi connectivity index (χ1n) is 7.56. The lowest BCUT2D eigenvalue weighted by Gasteiger charge is -2.09. The van der Waals surface area contributed by atoms with Crippen molar-refractivity contribution in [2.45, 2.75) is 0 Å². The molecule has 0 aliphatic carbocycles. The number of ether oxygens (including phenoxy) is 1. The molecule has 3 rings (SSSR count). The summed E-state index contributed by atoms with van der Waals surface area (Å²) >= 11 is 0. The SMILES string of the molecule is O=C(COC(=O)c1cc2ccccc2cc1O)NNC(=O)c1ccco1. The van der Waals surface area contributed by atoms with Crippen molar-refractivity contribution < 1.29 is 28.6 Å². The number of phenolic OH excluding ortho intramolecular Hbond substituents is 1. The first kappa shape index (κ1) is 17.0. The lowest BCUT2D eigenvalue weighted by Crippen LogP contribution is -2.43. The molecule has 0 saturated carbocycles. The molecule has 0 aliphatic rings. The van der Waals surface area contributed by atoms with E-state index in [1.165, 1.54) is 30.5 Å². The Morgan fingerprint density at radius 3 is 2.42 bits per heavy atom. The molecular formula is C18H14N2O6. The van der Waals surface area contributed by atoms with E-state index in [9.17, 15) is 19.5 Å². The summed E-state index contributed by atoms with van der Waals surface area (Å²) in [6, 6.07) is 13.0. The summed E-state index contributed by atoms with van der Waals surface area (Å²) in [7, 11) is 0. The van der Waals surface area contributed by atoms with E-state index >= 15 is 0 Å². The molecule has 132 valence electrons. The molecule has 8 heteroatoms. The van der Waals surface area contributed by atoms with Gasteiger partial charge in [0.25, 0.3) is 5.91 Å². The molecule has 0 spiro atoms. The van der Waals surface area contributed by atoms with Crippen LogP contribution in [0.4, 0.5) is 0 Å². The molecule has 3 aromatic rings. The lowest BCUT2D eigenvalue weighted by molar-refractivity contribution is -0.125. The van der Waals surface area contributed by atoms with Crippen LogP contribution in [0.15, 0.2) is 59.2 Å². The van der Waals surface area contributed by atoms with Gasteiger partial charge in [-0.2, -0.15) is 0 Å². The van der Waals surface area contributed by atoms with Gasteiger partial charge < -0.3 is 14.3 Å². The highest BCUT2D eigenvalue weighted by Gasteiger charge is 2.16. The number of rotatable bonds is 4. The molecule has 0 fully saturated rings. The monoisotopic (exact) mass is 354 g/mol. The molecule has 26 heavy (non-hydrogen) atoms. The van der Waals surface area contributed by atoms with Crippen LogP contribution in [0.5, 0.6) is 5.75 Å². The fraction of sp³-hybridized carbons (Fsp3) is 0.0556. The van der Waals surface area contributed by atoms with Crippen molar-refractivity contribution >= 4 is 28.6 Å². The minimum Gasteiger partial charge on any atom is -0.507 e. The number of aromatic hydroxyl groups is 1. The Kier molecular flexibility index (Phi) is 4.84. The van der Waals surface area contributed by atoms with Crippen LogP contribution in [0.3, 0.4) is 0 Å². The Morgan fingerprint density at radius 2 is 1.73 bits per heavy atom. The Labute approximate surface area is 147 Å². The van der Waals surface area contributed by atoms with E-state index in [1.807, 2.05) is 0 Å². The average Bonchev–Trinajstić information content (AvgIpc) is 3.18. The van der Waals surface area contributed by atoms with Crippen molar-refractivity contribution in [1.29, 1.82) is 0 Å². The normalized spacial score (nSPS) is 10.3. The summed E-state index contributed by atoms with van der Waals surface area (Å²) in [6.07, 6.45) is 1.31. The van der Waals surface area contributed by atoms with Crippen LogP contribution in [-0.2, 0) is 9.53 Å². The first-order valence-corrected chi connectivity index (χ1v) is 7.56. The van der Waals surface area contributed by atoms with Crippen LogP contribution in [0.25, 0.3) is 10.8 Å². The fourth-order valence-corrected chi connectivity index (χ4v) is 2.23. The van der Waals surface area contributed by atoms with Gasteiger partial charge in [-0.1, -0.05) is 24.3 Å². The lowest BCUT2D eigenvalue weighted by atomic mass is 10.1. The van der Waals surface area contributed by atoms with Crippen molar-refractivity contribution in [1.82, 2.24) is 10.9 Å². The number of amides is 2. The van der Waals surface area contributed by atoms with Crippen LogP contribution in [0, 0.1) is 0 Å². The number of nitrogens with one attached hydrogen (secondary N) is 2. The van der Waals surface area contributed by atoms with E-state index < -0.39 is 24.4 Å². The largest absolute Gasteiger partial charge is 0.507 e. The van der Waals surface area contributed by atoms with Crippen LogP contribution < -0.4 is 10.9 Å². The van der Waals surface area contributed by atoms with E-state index in [-0.39, 0.29) is 17.1 Å². The fourth-order valence-electron chi connectivity index (χ4n) is 2.23. The van der Waals surface area contributed by atoms with E-state index in [0.717, 1.165) is 10.8 Å². The topological polar surface area (TPSA) is 118 Å². The number of fused-ring (bicyclic) bond motifs is 1. The highest BCUT2D eigenvalue weighted by molar-refractivity contribution is 5.99. The Morgan fingerprint density at radius 1 is 1.00 bits per heavy atom. The molecular weight excluding hydrogens is 340 g/mol. The number of furan rings is 1. The third kappa shape index (κ3) is 3.81. The molecule has 0 saturated heterocycles. The van der Waals surface area contributed by atoms with Gasteiger partial charge in [0, 0.05) is 0 Å². The predicted molar refractivity (Wildman–Crippen MR) is 90.2 cm³/mol. The van der Waals surface area contributed by atoms with E-state index in [2.05, 4.69) is 10.9 Å². The van der Waals surface area contributed by atoms with E-state index in [0.29, 0.717) is 0 Å². The van der Waals surface area contributed by atoms with Gasteiger partial charge >= 0.3 is 11.9 Å². The third-order valence-electron chi connectivity index (χ3n) is 3.48. The zero-order valence-corrected chi connectivity index (χ0v) is 13.4. The number of hydrogen-bond donors (Lipinski definition) is 3. The summed E-state index contributed by atoms with van der Waals surface area (Å²) in [5.74, 6) is -2.50. The van der Waals surface area contributed by atoms with Crippen LogP contribution in [0.1, 0.15) is 20.9 Å². The smallest absolute Gasteiger partial charge is 0.342 e. The molecule has 0 bridgehead atoms. The maximum absolute atomic E-state index is 12.1. The van der Waals surface area contributed by atoms with Crippen LogP contribution >= 0.6 is 0 Å². The number of hydrazine groups is 1. The van der Waals surface area contributed by atoms with Crippen molar-refractivity contribution in [2.75, 3.05) is 6.61 Å². The first-order chi connectivity index (χ1) is 12.5. The molecule has 1 aromatic heterocycles. The van der Waals surface area contributed by atoms with Gasteiger partial charge in [0.2, 0.25) is 0 Å². The van der Waals surface area contributed by atoms with Gasteiger partial charge in [0.15, 0.2) is 12.4 Å². The highest BCUT2D eigenvalue weighted by atomic mass is 16.5. The van der Waals surface area contributed by atoms with Crippen molar-refractivity contribution in [3.8, 4) is 5.75 Å². The molecule has 1 heterocycles. The summed E-state index contributed by atoms with van der Waals surface area (Å²) in [5, 5.41) is 11.5. The summed E-state index contributed by atoms with van der Waals surface area (Å²) in [5.41, 5.74) is 4.14. The van der Waals surface area contributed by atoms with Crippen LogP contribution in [-0.4, -0.2) is 29.5 Å². The predicted octanol–water partition coefficient (Wildman–Crippen LogP) is 1.76. The van der Waals surface area contributed by atoms with Gasteiger partial charge in [-0.3, -0.25) is 20.4 Å². The number of carbonyl (C=O) groups is 3. The number of hydrogen-bond acceptors (Lipinski definition) is 6. The molecule has 0 atom stereocenters. The Balaban J connectivity index is 1.56. The Hall–Kier alpha value is -3.81. The zero-order valence-electron chi connectivity index (χ0n) is 13.4. The molecule has 0 radical (unpaired) electrons. The summed E-state index contributed by atoms with van der Waals surface area (Å²) in [6.45, 7) is -0.635. The van der Waals surface area contributed by atoms with Gasteiger partial charge in [0.1, 0.15) is 11.3 Å². The van der Waals surface area contributed by atoms with Crippen molar-refractivity contribution in [3.05, 3.63) is 66.1 Å². The molecule has 2 amide bonds. The standard InChI is InChI=1S/C18H14N2O6/c21-14-9-12-5-2-1-4-11(12)8-13(14)18(24)26-10-16(22)19-20-17(23)15-6-3-7-25-15/h1-9,21H,10H2,(H,19,22)(H,20,23). The summed E-state index contributed by atoms with van der Waals surface area (Å²) in [4.78, 5) is 35.3.